The van der Waals surface area contributed by atoms with Crippen LogP contribution in [0.15, 0.2) is 42.5 Å². The minimum atomic E-state index is -3.18. The van der Waals surface area contributed by atoms with Crippen LogP contribution in [0.4, 0.5) is 23.2 Å². The number of nitrogens with one attached hydrogen (secondary N) is 2. The van der Waals surface area contributed by atoms with Crippen molar-refractivity contribution in [3.05, 3.63) is 53.1 Å². The van der Waals surface area contributed by atoms with Crippen molar-refractivity contribution in [2.75, 3.05) is 11.9 Å². The maximum Gasteiger partial charge on any atom is 0.387 e. The number of carbonyl (C=O) groups is 1. The molecule has 0 aromatic heterocycles. The lowest BCUT2D eigenvalue weighted by atomic mass is 10.1. The standard InChI is InChI=1S/C18H17ClF4N2O3/c1-10(11-2-4-12(19)5-3-11)25-16(26)9-24-14-7-6-13(27-17(20)21)8-15(14)28-18(22)23/h2-8,10,17-18,24H,9H2,1H3,(H,25,26). The molecule has 2 aromatic carbocycles. The molecule has 28 heavy (non-hydrogen) atoms. The number of benzene rings is 2. The summed E-state index contributed by atoms with van der Waals surface area (Å²) < 4.78 is 58.1. The van der Waals surface area contributed by atoms with Crippen molar-refractivity contribution in [1.29, 1.82) is 0 Å². The number of halogens is 5. The molecular weight excluding hydrogens is 404 g/mol. The van der Waals surface area contributed by atoms with Gasteiger partial charge in [0.1, 0.15) is 5.75 Å². The van der Waals surface area contributed by atoms with Crippen LogP contribution in [0.2, 0.25) is 5.02 Å². The number of hydrogen-bond donors (Lipinski definition) is 2. The molecule has 0 saturated carbocycles. The van der Waals surface area contributed by atoms with Crippen LogP contribution in [-0.2, 0) is 4.79 Å². The van der Waals surface area contributed by atoms with E-state index >= 15 is 0 Å². The number of amides is 1. The number of ether oxygens (including phenoxy) is 2. The van der Waals surface area contributed by atoms with Gasteiger partial charge in [-0.3, -0.25) is 4.79 Å². The molecule has 2 aromatic rings. The summed E-state index contributed by atoms with van der Waals surface area (Å²) in [5.74, 6) is -1.19. The zero-order chi connectivity index (χ0) is 20.7. The summed E-state index contributed by atoms with van der Waals surface area (Å²) in [6.07, 6.45) is 0. The van der Waals surface area contributed by atoms with Crippen molar-refractivity contribution in [3.63, 3.8) is 0 Å². The number of alkyl halides is 4. The molecule has 2 rings (SSSR count). The Morgan fingerprint density at radius 2 is 1.68 bits per heavy atom. The van der Waals surface area contributed by atoms with E-state index < -0.39 is 24.9 Å². The average molecular weight is 421 g/mol. The van der Waals surface area contributed by atoms with E-state index in [1.54, 1.807) is 31.2 Å². The molecule has 0 fully saturated rings. The third-order valence-electron chi connectivity index (χ3n) is 3.58. The van der Waals surface area contributed by atoms with Gasteiger partial charge >= 0.3 is 13.2 Å². The Morgan fingerprint density at radius 3 is 2.29 bits per heavy atom. The van der Waals surface area contributed by atoms with E-state index in [-0.39, 0.29) is 24.0 Å². The van der Waals surface area contributed by atoms with Crippen LogP contribution in [0.3, 0.4) is 0 Å². The first-order valence-corrected chi connectivity index (χ1v) is 8.44. The Hall–Kier alpha value is -2.68. The van der Waals surface area contributed by atoms with Crippen LogP contribution in [-0.4, -0.2) is 25.7 Å². The van der Waals surface area contributed by atoms with Crippen molar-refractivity contribution in [3.8, 4) is 11.5 Å². The van der Waals surface area contributed by atoms with Crippen molar-refractivity contribution in [2.45, 2.75) is 26.2 Å². The monoisotopic (exact) mass is 420 g/mol. The highest BCUT2D eigenvalue weighted by atomic mass is 35.5. The second kappa shape index (κ2) is 10.0. The van der Waals surface area contributed by atoms with Gasteiger partial charge in [0.25, 0.3) is 0 Å². The first-order chi connectivity index (χ1) is 13.2. The fourth-order valence-corrected chi connectivity index (χ4v) is 2.45. The molecule has 152 valence electrons. The van der Waals surface area contributed by atoms with Crippen LogP contribution in [0.1, 0.15) is 18.5 Å². The van der Waals surface area contributed by atoms with Gasteiger partial charge in [-0.1, -0.05) is 23.7 Å². The molecule has 0 bridgehead atoms. The molecule has 0 saturated heterocycles. The van der Waals surface area contributed by atoms with E-state index in [0.717, 1.165) is 17.7 Å². The third-order valence-corrected chi connectivity index (χ3v) is 3.83. The van der Waals surface area contributed by atoms with E-state index in [1.165, 1.54) is 6.07 Å². The lowest BCUT2D eigenvalue weighted by Gasteiger charge is -2.17. The third kappa shape index (κ3) is 6.80. The fourth-order valence-electron chi connectivity index (χ4n) is 2.32. The number of carbonyl (C=O) groups excluding carboxylic acids is 1. The van der Waals surface area contributed by atoms with Crippen molar-refractivity contribution in [1.82, 2.24) is 5.32 Å². The van der Waals surface area contributed by atoms with Crippen molar-refractivity contribution >= 4 is 23.2 Å². The Morgan fingerprint density at radius 1 is 1.04 bits per heavy atom. The van der Waals surface area contributed by atoms with E-state index in [2.05, 4.69) is 20.1 Å². The quantitative estimate of drug-likeness (QED) is 0.570. The molecule has 10 heteroatoms. The van der Waals surface area contributed by atoms with Crippen LogP contribution in [0.25, 0.3) is 0 Å². The highest BCUT2D eigenvalue weighted by Gasteiger charge is 2.15. The number of hydrogen-bond acceptors (Lipinski definition) is 4. The Kier molecular flexibility index (Phi) is 7.74. The van der Waals surface area contributed by atoms with Gasteiger partial charge in [0, 0.05) is 11.1 Å². The summed E-state index contributed by atoms with van der Waals surface area (Å²) >= 11 is 5.82. The molecule has 0 aliphatic heterocycles. The predicted molar refractivity (Wildman–Crippen MR) is 96.2 cm³/mol. The van der Waals surface area contributed by atoms with Gasteiger partial charge in [0.2, 0.25) is 5.91 Å². The Labute approximate surface area is 163 Å². The average Bonchev–Trinajstić information content (AvgIpc) is 2.60. The number of rotatable bonds is 9. The molecule has 0 aliphatic rings. The Bertz CT molecular complexity index is 791. The van der Waals surface area contributed by atoms with Gasteiger partial charge in [-0.2, -0.15) is 17.6 Å². The summed E-state index contributed by atoms with van der Waals surface area (Å²) in [4.78, 5) is 12.1. The second-order valence-corrected chi connectivity index (χ2v) is 6.05. The SMILES string of the molecule is CC(NC(=O)CNc1ccc(OC(F)F)cc1OC(F)F)c1ccc(Cl)cc1. The molecule has 1 unspecified atom stereocenters. The van der Waals surface area contributed by atoms with Gasteiger partial charge in [-0.25, -0.2) is 0 Å². The highest BCUT2D eigenvalue weighted by Crippen LogP contribution is 2.31. The summed E-state index contributed by atoms with van der Waals surface area (Å²) in [6, 6.07) is 9.81. The molecular formula is C18H17ClF4N2O3. The molecule has 0 radical (unpaired) electrons. The normalized spacial score (nSPS) is 12.0. The van der Waals surface area contributed by atoms with Crippen molar-refractivity contribution in [2.24, 2.45) is 0 Å². The maximum absolute atomic E-state index is 12.6. The first kappa shape index (κ1) is 21.6. The van der Waals surface area contributed by atoms with Crippen LogP contribution < -0.4 is 20.1 Å². The minimum Gasteiger partial charge on any atom is -0.435 e. The summed E-state index contributed by atoms with van der Waals surface area (Å²) in [5.41, 5.74) is 0.851. The lowest BCUT2D eigenvalue weighted by molar-refractivity contribution is -0.120. The summed E-state index contributed by atoms with van der Waals surface area (Å²) in [7, 11) is 0. The fraction of sp³-hybridized carbons (Fsp3) is 0.278. The second-order valence-electron chi connectivity index (χ2n) is 5.61. The molecule has 0 aliphatic carbocycles. The van der Waals surface area contributed by atoms with E-state index in [1.807, 2.05) is 0 Å². The van der Waals surface area contributed by atoms with Crippen molar-refractivity contribution < 1.29 is 31.8 Å². The van der Waals surface area contributed by atoms with Crippen LogP contribution in [0.5, 0.6) is 11.5 Å². The number of anilines is 1. The van der Waals surface area contributed by atoms with Gasteiger partial charge in [0.15, 0.2) is 5.75 Å². The zero-order valence-electron chi connectivity index (χ0n) is 14.6. The van der Waals surface area contributed by atoms with E-state index in [4.69, 9.17) is 11.6 Å². The molecule has 1 atom stereocenters. The van der Waals surface area contributed by atoms with Gasteiger partial charge in [0.05, 0.1) is 18.3 Å². The van der Waals surface area contributed by atoms with E-state index in [9.17, 15) is 22.4 Å². The Balaban J connectivity index is 1.99. The van der Waals surface area contributed by atoms with Gasteiger partial charge in [-0.15, -0.1) is 0 Å². The molecule has 1 amide bonds. The predicted octanol–water partition coefficient (Wildman–Crippen LogP) is 4.83. The van der Waals surface area contributed by atoms with Crippen LogP contribution >= 0.6 is 11.6 Å². The smallest absolute Gasteiger partial charge is 0.387 e. The summed E-state index contributed by atoms with van der Waals surface area (Å²) in [6.45, 7) is -4.78. The minimum absolute atomic E-state index is 0.0243. The zero-order valence-corrected chi connectivity index (χ0v) is 15.4. The topological polar surface area (TPSA) is 59.6 Å². The van der Waals surface area contributed by atoms with Gasteiger partial charge < -0.3 is 20.1 Å². The molecule has 0 heterocycles. The highest BCUT2D eigenvalue weighted by molar-refractivity contribution is 6.30. The van der Waals surface area contributed by atoms with Gasteiger partial charge in [-0.05, 0) is 36.8 Å². The first-order valence-electron chi connectivity index (χ1n) is 8.07. The van der Waals surface area contributed by atoms with Crippen LogP contribution in [0, 0.1) is 0 Å². The molecule has 5 nitrogen and oxygen atoms in total. The largest absolute Gasteiger partial charge is 0.435 e. The summed E-state index contributed by atoms with van der Waals surface area (Å²) in [5, 5.41) is 5.92. The molecule has 2 N–H and O–H groups in total. The lowest BCUT2D eigenvalue weighted by Crippen LogP contribution is -2.32. The van der Waals surface area contributed by atoms with E-state index in [0.29, 0.717) is 5.02 Å². The molecule has 0 spiro atoms. The maximum atomic E-state index is 12.6.